The number of carbonyl (C=O) groups excluding carboxylic acids is 1. The van der Waals surface area contributed by atoms with Crippen molar-refractivity contribution in [1.29, 1.82) is 0 Å². The van der Waals surface area contributed by atoms with Crippen LogP contribution < -0.4 is 11.1 Å². The van der Waals surface area contributed by atoms with E-state index in [9.17, 15) is 18.0 Å². The average Bonchev–Trinajstić information content (AvgIpc) is 2.74. The molecule has 108 valence electrons. The molecule has 1 atom stereocenters. The number of alkyl halides is 3. The number of rotatable bonds is 6. The number of hydrogen-bond acceptors (Lipinski definition) is 3. The van der Waals surface area contributed by atoms with E-state index in [2.05, 4.69) is 10.4 Å². The number of hydrogen-bond donors (Lipinski definition) is 2. The van der Waals surface area contributed by atoms with Gasteiger partial charge in [-0.1, -0.05) is 6.92 Å². The Hall–Kier alpha value is -1.57. The second-order valence-corrected chi connectivity index (χ2v) is 4.55. The lowest BCUT2D eigenvalue weighted by atomic mass is 10.0. The number of nitrogens with zero attached hydrogens (tertiary/aromatic N) is 2. The van der Waals surface area contributed by atoms with E-state index in [-0.39, 0.29) is 6.54 Å². The number of primary amides is 1. The highest BCUT2D eigenvalue weighted by Crippen LogP contribution is 2.28. The summed E-state index contributed by atoms with van der Waals surface area (Å²) >= 11 is 0. The summed E-state index contributed by atoms with van der Waals surface area (Å²) in [5.74, 6) is -0.634. The van der Waals surface area contributed by atoms with Crippen molar-refractivity contribution in [1.82, 2.24) is 15.1 Å². The zero-order valence-corrected chi connectivity index (χ0v) is 10.8. The van der Waals surface area contributed by atoms with Gasteiger partial charge < -0.3 is 11.1 Å². The number of nitrogens with one attached hydrogen (secondary N) is 1. The van der Waals surface area contributed by atoms with Crippen molar-refractivity contribution >= 4 is 5.91 Å². The van der Waals surface area contributed by atoms with Gasteiger partial charge in [-0.3, -0.25) is 9.48 Å². The first-order valence-electron chi connectivity index (χ1n) is 5.83. The lowest BCUT2D eigenvalue weighted by molar-refractivity contribution is -0.137. The average molecular weight is 278 g/mol. The van der Waals surface area contributed by atoms with Crippen LogP contribution in [0.1, 0.15) is 25.8 Å². The highest BCUT2D eigenvalue weighted by atomic mass is 19.4. The molecule has 0 spiro atoms. The molecular weight excluding hydrogens is 261 g/mol. The van der Waals surface area contributed by atoms with Gasteiger partial charge in [0.2, 0.25) is 5.91 Å². The first kappa shape index (κ1) is 15.5. The Morgan fingerprint density at radius 1 is 1.53 bits per heavy atom. The zero-order valence-electron chi connectivity index (χ0n) is 10.8. The number of halogens is 3. The fourth-order valence-electron chi connectivity index (χ4n) is 1.54. The number of amides is 1. The van der Waals surface area contributed by atoms with E-state index >= 15 is 0 Å². The van der Waals surface area contributed by atoms with Crippen molar-refractivity contribution < 1.29 is 18.0 Å². The summed E-state index contributed by atoms with van der Waals surface area (Å²) in [5, 5.41) is 6.53. The third-order valence-corrected chi connectivity index (χ3v) is 2.75. The summed E-state index contributed by atoms with van der Waals surface area (Å²) in [7, 11) is 0. The van der Waals surface area contributed by atoms with Crippen LogP contribution >= 0.6 is 0 Å². The molecule has 0 saturated heterocycles. The van der Waals surface area contributed by atoms with Gasteiger partial charge in [0.1, 0.15) is 5.54 Å². The molecule has 1 amide bonds. The second kappa shape index (κ2) is 5.60. The van der Waals surface area contributed by atoms with Crippen LogP contribution in [-0.4, -0.2) is 27.8 Å². The van der Waals surface area contributed by atoms with Crippen molar-refractivity contribution in [3.8, 4) is 0 Å². The van der Waals surface area contributed by atoms with Gasteiger partial charge in [-0.15, -0.1) is 0 Å². The highest BCUT2D eigenvalue weighted by molar-refractivity contribution is 5.84. The Morgan fingerprint density at radius 3 is 2.58 bits per heavy atom. The summed E-state index contributed by atoms with van der Waals surface area (Å²) in [6.07, 6.45) is -2.09. The van der Waals surface area contributed by atoms with Gasteiger partial charge in [-0.2, -0.15) is 18.3 Å². The monoisotopic (exact) mass is 278 g/mol. The molecule has 5 nitrogen and oxygen atoms in total. The fraction of sp³-hybridized carbons (Fsp3) is 0.636. The van der Waals surface area contributed by atoms with Crippen molar-refractivity contribution in [2.24, 2.45) is 5.73 Å². The SMILES string of the molecule is CCCNC(C)(Cn1cc(C(F)(F)F)cn1)C(N)=O. The minimum Gasteiger partial charge on any atom is -0.368 e. The van der Waals surface area contributed by atoms with Crippen LogP contribution in [0.2, 0.25) is 0 Å². The Bertz CT molecular complexity index is 443. The van der Waals surface area contributed by atoms with Gasteiger partial charge in [-0.05, 0) is 19.9 Å². The van der Waals surface area contributed by atoms with Crippen LogP contribution in [0.3, 0.4) is 0 Å². The van der Waals surface area contributed by atoms with Crippen LogP contribution in [0.15, 0.2) is 12.4 Å². The topological polar surface area (TPSA) is 72.9 Å². The van der Waals surface area contributed by atoms with Gasteiger partial charge in [0, 0.05) is 6.20 Å². The van der Waals surface area contributed by atoms with E-state index in [0.29, 0.717) is 6.54 Å². The van der Waals surface area contributed by atoms with Crippen LogP contribution in [0.4, 0.5) is 13.2 Å². The van der Waals surface area contributed by atoms with Crippen LogP contribution in [0.25, 0.3) is 0 Å². The lowest BCUT2D eigenvalue weighted by Gasteiger charge is -2.27. The molecule has 1 unspecified atom stereocenters. The number of aromatic nitrogens is 2. The molecule has 0 aliphatic rings. The summed E-state index contributed by atoms with van der Waals surface area (Å²) in [6.45, 7) is 3.93. The normalized spacial score (nSPS) is 15.2. The summed E-state index contributed by atoms with van der Waals surface area (Å²) < 4.78 is 38.4. The molecule has 0 fully saturated rings. The number of nitrogens with two attached hydrogens (primary N) is 1. The molecule has 19 heavy (non-hydrogen) atoms. The van der Waals surface area contributed by atoms with E-state index in [1.165, 1.54) is 0 Å². The van der Waals surface area contributed by atoms with Gasteiger partial charge in [-0.25, -0.2) is 0 Å². The molecule has 0 aliphatic carbocycles. The van der Waals surface area contributed by atoms with Crippen molar-refractivity contribution in [3.05, 3.63) is 18.0 Å². The first-order chi connectivity index (χ1) is 8.69. The predicted octanol–water partition coefficient (Wildman–Crippen LogP) is 1.15. The molecule has 3 N–H and O–H groups in total. The lowest BCUT2D eigenvalue weighted by Crippen LogP contribution is -2.56. The molecule has 1 aromatic heterocycles. The molecule has 8 heteroatoms. The smallest absolute Gasteiger partial charge is 0.368 e. The molecule has 0 aromatic carbocycles. The maximum atomic E-state index is 12.4. The molecule has 0 radical (unpaired) electrons. The van der Waals surface area contributed by atoms with Gasteiger partial charge in [0.15, 0.2) is 0 Å². The van der Waals surface area contributed by atoms with E-state index < -0.39 is 23.2 Å². The second-order valence-electron chi connectivity index (χ2n) is 4.55. The highest BCUT2D eigenvalue weighted by Gasteiger charge is 2.35. The Balaban J connectivity index is 2.85. The maximum absolute atomic E-state index is 12.4. The maximum Gasteiger partial charge on any atom is 0.419 e. The fourth-order valence-corrected chi connectivity index (χ4v) is 1.54. The summed E-state index contributed by atoms with van der Waals surface area (Å²) in [5.41, 5.74) is 3.30. The van der Waals surface area contributed by atoms with Crippen LogP contribution in [0, 0.1) is 0 Å². The van der Waals surface area contributed by atoms with Gasteiger partial charge >= 0.3 is 6.18 Å². The van der Waals surface area contributed by atoms with E-state index in [4.69, 9.17) is 5.73 Å². The van der Waals surface area contributed by atoms with Crippen LogP contribution in [-0.2, 0) is 17.5 Å². The summed E-state index contributed by atoms with van der Waals surface area (Å²) in [4.78, 5) is 11.4. The Kier molecular flexibility index (Phi) is 4.56. The van der Waals surface area contributed by atoms with Gasteiger partial charge in [0.05, 0.1) is 18.3 Å². The molecule has 0 aliphatic heterocycles. The van der Waals surface area contributed by atoms with E-state index in [1.54, 1.807) is 6.92 Å². The minimum atomic E-state index is -4.45. The van der Waals surface area contributed by atoms with Crippen molar-refractivity contribution in [3.63, 3.8) is 0 Å². The molecule has 0 bridgehead atoms. The van der Waals surface area contributed by atoms with E-state index in [0.717, 1.165) is 23.5 Å². The largest absolute Gasteiger partial charge is 0.419 e. The molecule has 1 rings (SSSR count). The third kappa shape index (κ3) is 3.95. The van der Waals surface area contributed by atoms with E-state index in [1.807, 2.05) is 6.92 Å². The molecular formula is C11H17F3N4O. The van der Waals surface area contributed by atoms with Crippen molar-refractivity contribution in [2.45, 2.75) is 38.5 Å². The molecule has 0 saturated carbocycles. The molecule has 1 heterocycles. The summed E-state index contributed by atoms with van der Waals surface area (Å²) in [6, 6.07) is 0. The number of carbonyl (C=O) groups is 1. The standard InChI is InChI=1S/C11H17F3N4O/c1-3-4-16-10(2,9(15)19)7-18-6-8(5-17-18)11(12,13)14/h5-6,16H,3-4,7H2,1-2H3,(H2,15,19). The minimum absolute atomic E-state index is 0.0571. The Morgan fingerprint density at radius 2 is 2.16 bits per heavy atom. The molecule has 1 aromatic rings. The van der Waals surface area contributed by atoms with Crippen molar-refractivity contribution in [2.75, 3.05) is 6.54 Å². The Labute approximate surface area is 109 Å². The first-order valence-corrected chi connectivity index (χ1v) is 5.83. The van der Waals surface area contributed by atoms with Crippen LogP contribution in [0.5, 0.6) is 0 Å². The quantitative estimate of drug-likeness (QED) is 0.819. The van der Waals surface area contributed by atoms with Gasteiger partial charge in [0.25, 0.3) is 0 Å². The third-order valence-electron chi connectivity index (χ3n) is 2.75. The predicted molar refractivity (Wildman–Crippen MR) is 63.1 cm³/mol. The zero-order chi connectivity index (χ0) is 14.7.